The third kappa shape index (κ3) is 5.18. The second-order valence-corrected chi connectivity index (χ2v) is 5.16. The Kier molecular flexibility index (Phi) is 6.27. The summed E-state index contributed by atoms with van der Waals surface area (Å²) in [6, 6.07) is 4.64. The van der Waals surface area contributed by atoms with E-state index in [1.165, 1.54) is 7.11 Å². The highest BCUT2D eigenvalue weighted by atomic mass is 79.9. The van der Waals surface area contributed by atoms with Gasteiger partial charge in [-0.2, -0.15) is 0 Å². The van der Waals surface area contributed by atoms with Crippen LogP contribution in [0, 0.1) is 0 Å². The number of carbonyl (C=O) groups is 2. The van der Waals surface area contributed by atoms with Crippen molar-refractivity contribution < 1.29 is 14.3 Å². The Morgan fingerprint density at radius 1 is 1.47 bits per heavy atom. The van der Waals surface area contributed by atoms with E-state index in [2.05, 4.69) is 26.0 Å². The van der Waals surface area contributed by atoms with E-state index in [1.807, 2.05) is 0 Å². The SMILES string of the molecule is COC(=O)C[C@H](NC(=O)CN)c1cc(Cl)cc(Br)c1. The van der Waals surface area contributed by atoms with Gasteiger partial charge in [-0.1, -0.05) is 27.5 Å². The zero-order valence-electron chi connectivity index (χ0n) is 10.3. The van der Waals surface area contributed by atoms with Crippen LogP contribution in [0.15, 0.2) is 22.7 Å². The number of hydrogen-bond acceptors (Lipinski definition) is 4. The lowest BCUT2D eigenvalue weighted by Crippen LogP contribution is -2.35. The summed E-state index contributed by atoms with van der Waals surface area (Å²) in [5.74, 6) is -0.788. The highest BCUT2D eigenvalue weighted by molar-refractivity contribution is 9.10. The fourth-order valence-corrected chi connectivity index (χ4v) is 2.42. The van der Waals surface area contributed by atoms with Crippen LogP contribution in [0.1, 0.15) is 18.0 Å². The lowest BCUT2D eigenvalue weighted by Gasteiger charge is -2.18. The zero-order chi connectivity index (χ0) is 14.4. The summed E-state index contributed by atoms with van der Waals surface area (Å²) in [5.41, 5.74) is 5.96. The Morgan fingerprint density at radius 2 is 2.16 bits per heavy atom. The minimum absolute atomic E-state index is 0.00895. The molecule has 0 aliphatic rings. The number of amides is 1. The molecule has 0 saturated heterocycles. The van der Waals surface area contributed by atoms with Gasteiger partial charge in [-0.05, 0) is 23.8 Å². The van der Waals surface area contributed by atoms with E-state index in [4.69, 9.17) is 17.3 Å². The highest BCUT2D eigenvalue weighted by Crippen LogP contribution is 2.25. The second-order valence-electron chi connectivity index (χ2n) is 3.81. The fourth-order valence-electron chi connectivity index (χ4n) is 1.53. The van der Waals surface area contributed by atoms with Gasteiger partial charge in [-0.3, -0.25) is 9.59 Å². The molecule has 0 bridgehead atoms. The summed E-state index contributed by atoms with van der Waals surface area (Å²) in [6.45, 7) is -0.153. The van der Waals surface area contributed by atoms with Crippen molar-refractivity contribution in [2.24, 2.45) is 5.73 Å². The maximum atomic E-state index is 11.4. The molecule has 0 spiro atoms. The lowest BCUT2D eigenvalue weighted by molar-refractivity contribution is -0.141. The molecule has 104 valence electrons. The molecule has 0 heterocycles. The molecule has 1 aromatic carbocycles. The Bertz CT molecular complexity index is 444. The van der Waals surface area contributed by atoms with Crippen molar-refractivity contribution in [1.29, 1.82) is 0 Å². The predicted molar refractivity (Wildman–Crippen MR) is 75.7 cm³/mol. The van der Waals surface area contributed by atoms with Crippen molar-refractivity contribution in [3.05, 3.63) is 33.3 Å². The molecule has 0 radical (unpaired) electrons. The number of methoxy groups -OCH3 is 1. The van der Waals surface area contributed by atoms with Crippen LogP contribution in [-0.4, -0.2) is 25.5 Å². The largest absolute Gasteiger partial charge is 0.469 e. The van der Waals surface area contributed by atoms with Gasteiger partial charge in [0.15, 0.2) is 0 Å². The minimum Gasteiger partial charge on any atom is -0.469 e. The Morgan fingerprint density at radius 3 is 2.68 bits per heavy atom. The molecular formula is C12H14BrClN2O3. The van der Waals surface area contributed by atoms with Crippen LogP contribution in [0.2, 0.25) is 5.02 Å². The van der Waals surface area contributed by atoms with E-state index in [0.29, 0.717) is 10.6 Å². The van der Waals surface area contributed by atoms with E-state index >= 15 is 0 Å². The molecule has 5 nitrogen and oxygen atoms in total. The summed E-state index contributed by atoms with van der Waals surface area (Å²) in [7, 11) is 1.29. The molecule has 0 unspecified atom stereocenters. The molecule has 0 aliphatic carbocycles. The Balaban J connectivity index is 2.99. The number of esters is 1. The fraction of sp³-hybridized carbons (Fsp3) is 0.333. The van der Waals surface area contributed by atoms with Crippen molar-refractivity contribution in [2.45, 2.75) is 12.5 Å². The van der Waals surface area contributed by atoms with Gasteiger partial charge in [0.2, 0.25) is 5.91 Å². The van der Waals surface area contributed by atoms with Gasteiger partial charge in [0.25, 0.3) is 0 Å². The van der Waals surface area contributed by atoms with Gasteiger partial charge in [-0.25, -0.2) is 0 Å². The Labute approximate surface area is 124 Å². The summed E-state index contributed by atoms with van der Waals surface area (Å²) in [5, 5.41) is 3.16. The molecule has 7 heteroatoms. The molecule has 3 N–H and O–H groups in total. The van der Waals surface area contributed by atoms with Crippen molar-refractivity contribution in [3.63, 3.8) is 0 Å². The van der Waals surface area contributed by atoms with E-state index in [9.17, 15) is 9.59 Å². The van der Waals surface area contributed by atoms with Crippen molar-refractivity contribution in [2.75, 3.05) is 13.7 Å². The third-order valence-corrected chi connectivity index (χ3v) is 3.08. The molecule has 0 fully saturated rings. The summed E-state index contributed by atoms with van der Waals surface area (Å²) in [4.78, 5) is 22.8. The van der Waals surface area contributed by atoms with Crippen LogP contribution in [0.4, 0.5) is 0 Å². The van der Waals surface area contributed by atoms with Gasteiger partial charge in [0.05, 0.1) is 26.1 Å². The molecule has 0 aromatic heterocycles. The molecule has 1 amide bonds. The molecular weight excluding hydrogens is 336 g/mol. The standard InChI is InChI=1S/C12H14BrClN2O3/c1-19-12(18)5-10(16-11(17)6-15)7-2-8(13)4-9(14)3-7/h2-4,10H,5-6,15H2,1H3,(H,16,17)/t10-/m0/s1. The summed E-state index contributed by atoms with van der Waals surface area (Å²) < 4.78 is 5.37. The smallest absolute Gasteiger partial charge is 0.307 e. The van der Waals surface area contributed by atoms with Gasteiger partial charge >= 0.3 is 5.97 Å². The number of hydrogen-bond donors (Lipinski definition) is 2. The maximum absolute atomic E-state index is 11.4. The van der Waals surface area contributed by atoms with E-state index in [-0.39, 0.29) is 18.9 Å². The van der Waals surface area contributed by atoms with Crippen LogP contribution in [0.3, 0.4) is 0 Å². The van der Waals surface area contributed by atoms with Gasteiger partial charge in [0, 0.05) is 9.50 Å². The van der Waals surface area contributed by atoms with Crippen LogP contribution in [-0.2, 0) is 14.3 Å². The highest BCUT2D eigenvalue weighted by Gasteiger charge is 2.19. The lowest BCUT2D eigenvalue weighted by atomic mass is 10.0. The zero-order valence-corrected chi connectivity index (χ0v) is 12.6. The third-order valence-electron chi connectivity index (χ3n) is 2.41. The van der Waals surface area contributed by atoms with Crippen molar-refractivity contribution >= 4 is 39.4 Å². The topological polar surface area (TPSA) is 81.4 Å². The normalized spacial score (nSPS) is 11.8. The van der Waals surface area contributed by atoms with Crippen molar-refractivity contribution in [3.8, 4) is 0 Å². The number of carbonyl (C=O) groups excluding carboxylic acids is 2. The van der Waals surface area contributed by atoms with Gasteiger partial charge in [0.1, 0.15) is 0 Å². The molecule has 1 atom stereocenters. The predicted octanol–water partition coefficient (Wildman–Crippen LogP) is 1.78. The number of nitrogens with two attached hydrogens (primary N) is 1. The molecule has 19 heavy (non-hydrogen) atoms. The summed E-state index contributed by atoms with van der Waals surface area (Å²) >= 11 is 9.26. The van der Waals surface area contributed by atoms with Crippen LogP contribution < -0.4 is 11.1 Å². The first-order valence-corrected chi connectivity index (χ1v) is 6.65. The number of ether oxygens (including phenoxy) is 1. The molecule has 1 aromatic rings. The quantitative estimate of drug-likeness (QED) is 0.794. The average Bonchev–Trinajstić information content (AvgIpc) is 2.36. The average molecular weight is 350 g/mol. The van der Waals surface area contributed by atoms with E-state index < -0.39 is 12.0 Å². The van der Waals surface area contributed by atoms with Crippen molar-refractivity contribution in [1.82, 2.24) is 5.32 Å². The van der Waals surface area contributed by atoms with Gasteiger partial charge < -0.3 is 15.8 Å². The van der Waals surface area contributed by atoms with E-state index in [0.717, 1.165) is 4.47 Å². The molecule has 0 aliphatic heterocycles. The number of benzene rings is 1. The number of rotatable bonds is 5. The first kappa shape index (κ1) is 15.9. The van der Waals surface area contributed by atoms with E-state index in [1.54, 1.807) is 18.2 Å². The molecule has 0 saturated carbocycles. The Hall–Kier alpha value is -1.11. The maximum Gasteiger partial charge on any atom is 0.307 e. The monoisotopic (exact) mass is 348 g/mol. The first-order chi connectivity index (χ1) is 8.96. The van der Waals surface area contributed by atoms with Crippen LogP contribution in [0.5, 0.6) is 0 Å². The van der Waals surface area contributed by atoms with Crippen LogP contribution in [0.25, 0.3) is 0 Å². The minimum atomic E-state index is -0.529. The first-order valence-electron chi connectivity index (χ1n) is 5.48. The number of nitrogens with one attached hydrogen (secondary N) is 1. The second kappa shape index (κ2) is 7.47. The molecule has 1 rings (SSSR count). The van der Waals surface area contributed by atoms with Crippen LogP contribution >= 0.6 is 27.5 Å². The summed E-state index contributed by atoms with van der Waals surface area (Å²) in [6.07, 6.45) is 0.00895. The van der Waals surface area contributed by atoms with Gasteiger partial charge in [-0.15, -0.1) is 0 Å². The number of halogens is 2.